The first kappa shape index (κ1) is 10.0. The monoisotopic (exact) mass is 229 g/mol. The molecule has 0 unspecified atom stereocenters. The molecule has 2 heterocycles. The van der Waals surface area contributed by atoms with E-state index in [1.165, 1.54) is 6.39 Å². The second kappa shape index (κ2) is 4.03. The Morgan fingerprint density at radius 2 is 2.24 bits per heavy atom. The third-order valence-electron chi connectivity index (χ3n) is 2.74. The van der Waals surface area contributed by atoms with E-state index >= 15 is 0 Å². The molecule has 1 N–H and O–H groups in total. The van der Waals surface area contributed by atoms with Crippen molar-refractivity contribution in [1.82, 2.24) is 14.7 Å². The molecule has 3 aromatic rings. The Labute approximate surface area is 97.3 Å². The maximum atomic E-state index is 9.13. The number of fused-ring (bicyclic) bond motifs is 1. The zero-order chi connectivity index (χ0) is 11.7. The number of hydrogen-bond acceptors (Lipinski definition) is 4. The second-order valence-electron chi connectivity index (χ2n) is 3.84. The quantitative estimate of drug-likeness (QED) is 0.740. The fourth-order valence-electron chi connectivity index (χ4n) is 1.88. The minimum absolute atomic E-state index is 0.0450. The van der Waals surface area contributed by atoms with Gasteiger partial charge in [0.2, 0.25) is 6.39 Å². The number of aliphatic hydroxyl groups excluding tert-OH is 1. The van der Waals surface area contributed by atoms with Crippen molar-refractivity contribution in [1.29, 1.82) is 0 Å². The Morgan fingerprint density at radius 3 is 3.00 bits per heavy atom. The lowest BCUT2D eigenvalue weighted by Gasteiger charge is -2.03. The van der Waals surface area contributed by atoms with Gasteiger partial charge in [-0.3, -0.25) is 0 Å². The Hall–Kier alpha value is -2.14. The average Bonchev–Trinajstić information content (AvgIpc) is 2.99. The van der Waals surface area contributed by atoms with Gasteiger partial charge >= 0.3 is 0 Å². The maximum Gasteiger partial charge on any atom is 0.213 e. The normalized spacial score (nSPS) is 11.1. The van der Waals surface area contributed by atoms with E-state index in [2.05, 4.69) is 10.1 Å². The van der Waals surface area contributed by atoms with E-state index in [0.717, 1.165) is 16.5 Å². The fraction of sp³-hybridized carbons (Fsp3) is 0.167. The second-order valence-corrected chi connectivity index (χ2v) is 3.84. The van der Waals surface area contributed by atoms with Crippen LogP contribution in [0.1, 0.15) is 11.4 Å². The van der Waals surface area contributed by atoms with Gasteiger partial charge in [-0.1, -0.05) is 17.3 Å². The molecule has 0 radical (unpaired) electrons. The highest BCUT2D eigenvalue weighted by Gasteiger charge is 2.05. The summed E-state index contributed by atoms with van der Waals surface area (Å²) in [4.78, 5) is 3.99. The van der Waals surface area contributed by atoms with Crippen LogP contribution >= 0.6 is 0 Å². The number of rotatable bonds is 3. The molecule has 0 aliphatic rings. The summed E-state index contributed by atoms with van der Waals surface area (Å²) < 4.78 is 6.73. The van der Waals surface area contributed by atoms with Crippen LogP contribution in [-0.4, -0.2) is 19.8 Å². The summed E-state index contributed by atoms with van der Waals surface area (Å²) in [7, 11) is 0. The Morgan fingerprint density at radius 1 is 1.29 bits per heavy atom. The van der Waals surface area contributed by atoms with E-state index in [4.69, 9.17) is 9.63 Å². The summed E-state index contributed by atoms with van der Waals surface area (Å²) in [6, 6.07) is 7.90. The average molecular weight is 229 g/mol. The summed E-state index contributed by atoms with van der Waals surface area (Å²) in [6.07, 6.45) is 3.29. The van der Waals surface area contributed by atoms with E-state index in [1.807, 2.05) is 35.0 Å². The predicted octanol–water partition coefficient (Wildman–Crippen LogP) is 1.56. The van der Waals surface area contributed by atoms with Gasteiger partial charge in [0.15, 0.2) is 5.82 Å². The van der Waals surface area contributed by atoms with Crippen LogP contribution in [0.3, 0.4) is 0 Å². The van der Waals surface area contributed by atoms with Crippen LogP contribution in [0.15, 0.2) is 41.4 Å². The van der Waals surface area contributed by atoms with Gasteiger partial charge in [-0.25, -0.2) is 0 Å². The molecule has 0 fully saturated rings. The molecule has 0 aliphatic heterocycles. The Balaban J connectivity index is 2.04. The molecule has 0 atom stereocenters. The topological polar surface area (TPSA) is 64.1 Å². The number of aliphatic hydroxyl groups is 1. The zero-order valence-electron chi connectivity index (χ0n) is 9.08. The van der Waals surface area contributed by atoms with Gasteiger partial charge in [-0.15, -0.1) is 0 Å². The van der Waals surface area contributed by atoms with E-state index in [-0.39, 0.29) is 6.61 Å². The predicted molar refractivity (Wildman–Crippen MR) is 61.3 cm³/mol. The first-order valence-electron chi connectivity index (χ1n) is 5.31. The van der Waals surface area contributed by atoms with Gasteiger partial charge in [0, 0.05) is 11.7 Å². The highest BCUT2D eigenvalue weighted by Crippen LogP contribution is 2.18. The van der Waals surface area contributed by atoms with Crippen molar-refractivity contribution in [3.63, 3.8) is 0 Å². The highest BCUT2D eigenvalue weighted by atomic mass is 16.5. The van der Waals surface area contributed by atoms with Crippen molar-refractivity contribution < 1.29 is 9.63 Å². The van der Waals surface area contributed by atoms with Crippen molar-refractivity contribution in [2.24, 2.45) is 0 Å². The summed E-state index contributed by atoms with van der Waals surface area (Å²) >= 11 is 0. The van der Waals surface area contributed by atoms with E-state index in [1.54, 1.807) is 0 Å². The van der Waals surface area contributed by atoms with Crippen LogP contribution in [0.5, 0.6) is 0 Å². The molecule has 0 spiro atoms. The number of nitrogens with zero attached hydrogens (tertiary/aromatic N) is 3. The van der Waals surface area contributed by atoms with Gasteiger partial charge in [0.05, 0.1) is 13.2 Å². The van der Waals surface area contributed by atoms with Gasteiger partial charge < -0.3 is 14.2 Å². The summed E-state index contributed by atoms with van der Waals surface area (Å²) in [5.74, 6) is 0.636. The molecular weight excluding hydrogens is 218 g/mol. The van der Waals surface area contributed by atoms with Gasteiger partial charge in [-0.2, -0.15) is 4.98 Å². The molecule has 86 valence electrons. The van der Waals surface area contributed by atoms with Gasteiger partial charge in [0.1, 0.15) is 0 Å². The lowest BCUT2D eigenvalue weighted by molar-refractivity contribution is 0.282. The van der Waals surface area contributed by atoms with Gasteiger partial charge in [0.25, 0.3) is 0 Å². The smallest absolute Gasteiger partial charge is 0.213 e. The molecule has 3 rings (SSSR count). The zero-order valence-corrected chi connectivity index (χ0v) is 9.08. The van der Waals surface area contributed by atoms with Crippen LogP contribution in [-0.2, 0) is 13.2 Å². The lowest BCUT2D eigenvalue weighted by Crippen LogP contribution is -1.99. The highest BCUT2D eigenvalue weighted by molar-refractivity contribution is 5.80. The summed E-state index contributed by atoms with van der Waals surface area (Å²) in [5.41, 5.74) is 1.95. The van der Waals surface area contributed by atoms with Gasteiger partial charge in [-0.05, 0) is 23.1 Å². The van der Waals surface area contributed by atoms with Crippen LogP contribution in [0.25, 0.3) is 10.9 Å². The number of aromatic nitrogens is 3. The first-order chi connectivity index (χ1) is 8.36. The van der Waals surface area contributed by atoms with E-state index in [9.17, 15) is 0 Å². The SMILES string of the molecule is OCc1ccc2ccn(Cc3ncon3)c2c1. The Kier molecular flexibility index (Phi) is 2.38. The van der Waals surface area contributed by atoms with Crippen LogP contribution in [0.4, 0.5) is 0 Å². The largest absolute Gasteiger partial charge is 0.392 e. The summed E-state index contributed by atoms with van der Waals surface area (Å²) in [6.45, 7) is 0.609. The molecule has 0 amide bonds. The minimum Gasteiger partial charge on any atom is -0.392 e. The van der Waals surface area contributed by atoms with E-state index < -0.39 is 0 Å². The molecule has 1 aromatic carbocycles. The van der Waals surface area contributed by atoms with Crippen LogP contribution in [0.2, 0.25) is 0 Å². The molecule has 0 saturated heterocycles. The van der Waals surface area contributed by atoms with Crippen LogP contribution in [0, 0.1) is 0 Å². The van der Waals surface area contributed by atoms with Crippen molar-refractivity contribution >= 4 is 10.9 Å². The fourth-order valence-corrected chi connectivity index (χ4v) is 1.88. The third kappa shape index (κ3) is 1.81. The molecule has 0 saturated carbocycles. The molecule has 5 nitrogen and oxygen atoms in total. The third-order valence-corrected chi connectivity index (χ3v) is 2.74. The van der Waals surface area contributed by atoms with E-state index in [0.29, 0.717) is 12.4 Å². The number of benzene rings is 1. The maximum absolute atomic E-state index is 9.13. The molecule has 0 bridgehead atoms. The summed E-state index contributed by atoms with van der Waals surface area (Å²) in [5, 5.41) is 14.0. The molecule has 2 aromatic heterocycles. The Bertz CT molecular complexity index is 628. The van der Waals surface area contributed by atoms with Crippen molar-refractivity contribution in [3.05, 3.63) is 48.2 Å². The standard InChI is InChI=1S/C12H11N3O2/c16-7-9-1-2-10-3-4-15(11(10)5-9)6-12-13-8-17-14-12/h1-5,8,16H,6-7H2. The molecular formula is C12H11N3O2. The van der Waals surface area contributed by atoms with Crippen molar-refractivity contribution in [3.8, 4) is 0 Å². The lowest BCUT2D eigenvalue weighted by atomic mass is 10.2. The van der Waals surface area contributed by atoms with Crippen molar-refractivity contribution in [2.75, 3.05) is 0 Å². The molecule has 17 heavy (non-hydrogen) atoms. The number of hydrogen-bond donors (Lipinski definition) is 1. The minimum atomic E-state index is 0.0450. The van der Waals surface area contributed by atoms with Crippen molar-refractivity contribution in [2.45, 2.75) is 13.2 Å². The van der Waals surface area contributed by atoms with Crippen LogP contribution < -0.4 is 0 Å². The first-order valence-corrected chi connectivity index (χ1v) is 5.31. The molecule has 5 heteroatoms. The molecule has 0 aliphatic carbocycles.